The molecule has 1 aromatic carbocycles. The Morgan fingerprint density at radius 1 is 1.24 bits per heavy atom. The number of carbonyl (C=O) groups excluding carboxylic acids is 3. The second kappa shape index (κ2) is 5.47. The molecule has 0 saturated carbocycles. The fraction of sp³-hybridized carbons (Fsp3) is 0.278. The lowest BCUT2D eigenvalue weighted by molar-refractivity contribution is -0.145. The van der Waals surface area contributed by atoms with E-state index < -0.39 is 17.4 Å². The van der Waals surface area contributed by atoms with Gasteiger partial charge in [0, 0.05) is 18.3 Å². The Balaban J connectivity index is 2.51. The van der Waals surface area contributed by atoms with Gasteiger partial charge in [0.25, 0.3) is 0 Å². The van der Waals surface area contributed by atoms with E-state index in [1.165, 1.54) is 21.0 Å². The highest BCUT2D eigenvalue weighted by molar-refractivity contribution is 6.17. The summed E-state index contributed by atoms with van der Waals surface area (Å²) in [6, 6.07) is 6.95. The third-order valence-corrected chi connectivity index (χ3v) is 4.68. The van der Waals surface area contributed by atoms with Crippen LogP contribution in [-0.4, -0.2) is 31.9 Å². The molecule has 0 fully saturated rings. The molecule has 0 aromatic heterocycles. The molecule has 0 bridgehead atoms. The summed E-state index contributed by atoms with van der Waals surface area (Å²) in [4.78, 5) is 39.6. The van der Waals surface area contributed by atoms with Gasteiger partial charge in [-0.05, 0) is 19.9 Å². The Morgan fingerprint density at radius 3 is 2.48 bits per heavy atom. The fourth-order valence-corrected chi connectivity index (χ4v) is 3.68. The predicted octanol–water partition coefficient (Wildman–Crippen LogP) is 1.14. The van der Waals surface area contributed by atoms with E-state index in [-0.39, 0.29) is 28.5 Å². The molecule has 2 N–H and O–H groups in total. The summed E-state index contributed by atoms with van der Waals surface area (Å²) in [5.41, 5.74) is 5.53. The van der Waals surface area contributed by atoms with Crippen LogP contribution >= 0.6 is 0 Å². The van der Waals surface area contributed by atoms with Crippen molar-refractivity contribution in [3.63, 3.8) is 0 Å². The summed E-state index contributed by atoms with van der Waals surface area (Å²) in [6.45, 7) is 2.85. The summed E-state index contributed by atoms with van der Waals surface area (Å²) < 4.78 is 10.2. The first-order chi connectivity index (χ1) is 11.8. The van der Waals surface area contributed by atoms with Gasteiger partial charge in [-0.15, -0.1) is 0 Å². The number of nitrogens with zero attached hydrogens (tertiary/aromatic N) is 1. The first-order valence-corrected chi connectivity index (χ1v) is 7.64. The van der Waals surface area contributed by atoms with E-state index in [2.05, 4.69) is 0 Å². The minimum atomic E-state index is -1.73. The van der Waals surface area contributed by atoms with Crippen molar-refractivity contribution in [2.45, 2.75) is 19.3 Å². The summed E-state index contributed by atoms with van der Waals surface area (Å²) in [5, 5.41) is 0. The maximum atomic E-state index is 13.0. The van der Waals surface area contributed by atoms with Crippen LogP contribution in [0.1, 0.15) is 19.4 Å². The average Bonchev–Trinajstić information content (AvgIpc) is 2.84. The number of ether oxygens (including phenoxy) is 2. The number of methoxy groups -OCH3 is 1. The number of esters is 2. The summed E-state index contributed by atoms with van der Waals surface area (Å²) in [7, 11) is 2.87. The zero-order valence-electron chi connectivity index (χ0n) is 14.4. The maximum absolute atomic E-state index is 13.0. The number of rotatable bonds is 2. The molecule has 0 aliphatic carbocycles. The lowest BCUT2D eigenvalue weighted by Crippen LogP contribution is -2.49. The van der Waals surface area contributed by atoms with Crippen LogP contribution in [0.3, 0.4) is 0 Å². The molecule has 2 heterocycles. The van der Waals surface area contributed by atoms with Gasteiger partial charge in [0.05, 0.1) is 12.7 Å². The second-order valence-corrected chi connectivity index (χ2v) is 5.95. The standard InChI is InChI=1S/C18H18N2O5/c1-9(21)13-10(2)25-17(23)18(13)11-7-5-6-8-12(11)20(3)15(19)14(18)16(22)24-4/h5-8H,19H2,1-4H3/t18-/m1/s1. The van der Waals surface area contributed by atoms with Crippen LogP contribution in [0.5, 0.6) is 0 Å². The molecular weight excluding hydrogens is 324 g/mol. The lowest BCUT2D eigenvalue weighted by atomic mass is 9.65. The van der Waals surface area contributed by atoms with Crippen molar-refractivity contribution < 1.29 is 23.9 Å². The lowest BCUT2D eigenvalue weighted by Gasteiger charge is -2.39. The van der Waals surface area contributed by atoms with Gasteiger partial charge in [0.15, 0.2) is 11.2 Å². The molecule has 0 saturated heterocycles. The number of fused-ring (bicyclic) bond motifs is 2. The predicted molar refractivity (Wildman–Crippen MR) is 89.2 cm³/mol. The Kier molecular flexibility index (Phi) is 3.67. The van der Waals surface area contributed by atoms with Crippen molar-refractivity contribution in [3.05, 3.63) is 52.6 Å². The normalized spacial score (nSPS) is 22.2. The number of cyclic esters (lactones) is 1. The van der Waals surface area contributed by atoms with Crippen LogP contribution in [0.25, 0.3) is 0 Å². The molecule has 1 spiro atoms. The third-order valence-electron chi connectivity index (χ3n) is 4.68. The van der Waals surface area contributed by atoms with Crippen molar-refractivity contribution in [2.75, 3.05) is 19.1 Å². The minimum absolute atomic E-state index is 0.0379. The molecule has 1 aromatic rings. The van der Waals surface area contributed by atoms with E-state index in [1.807, 2.05) is 0 Å². The van der Waals surface area contributed by atoms with Crippen LogP contribution in [0.2, 0.25) is 0 Å². The molecule has 3 rings (SSSR count). The molecule has 0 amide bonds. The molecule has 25 heavy (non-hydrogen) atoms. The van der Waals surface area contributed by atoms with Gasteiger partial charge in [0.1, 0.15) is 17.2 Å². The number of carbonyl (C=O) groups is 3. The largest absolute Gasteiger partial charge is 0.466 e. The molecule has 2 aliphatic rings. The Labute approximate surface area is 144 Å². The van der Waals surface area contributed by atoms with E-state index >= 15 is 0 Å². The van der Waals surface area contributed by atoms with Crippen molar-refractivity contribution in [1.82, 2.24) is 0 Å². The summed E-state index contributed by atoms with van der Waals surface area (Å²) in [6.07, 6.45) is 0. The monoisotopic (exact) mass is 342 g/mol. The van der Waals surface area contributed by atoms with Gasteiger partial charge < -0.3 is 20.1 Å². The number of nitrogens with two attached hydrogens (primary N) is 1. The zero-order valence-corrected chi connectivity index (χ0v) is 14.4. The van der Waals surface area contributed by atoms with Gasteiger partial charge >= 0.3 is 11.9 Å². The fourth-order valence-electron chi connectivity index (χ4n) is 3.68. The number of hydrogen-bond donors (Lipinski definition) is 1. The zero-order chi connectivity index (χ0) is 18.5. The number of benzene rings is 1. The topological polar surface area (TPSA) is 98.9 Å². The van der Waals surface area contributed by atoms with Crippen LogP contribution < -0.4 is 10.6 Å². The van der Waals surface area contributed by atoms with Crippen LogP contribution in [-0.2, 0) is 29.3 Å². The molecule has 7 nitrogen and oxygen atoms in total. The summed E-state index contributed by atoms with van der Waals surface area (Å²) in [5.74, 6) is -1.71. The number of hydrogen-bond acceptors (Lipinski definition) is 7. The molecule has 7 heteroatoms. The molecule has 0 radical (unpaired) electrons. The number of Topliss-reactive ketones (excluding diaryl/α,β-unsaturated/α-hetero) is 1. The van der Waals surface area contributed by atoms with E-state index in [4.69, 9.17) is 15.2 Å². The van der Waals surface area contributed by atoms with Crippen LogP contribution in [0.4, 0.5) is 5.69 Å². The van der Waals surface area contributed by atoms with Gasteiger partial charge in [-0.1, -0.05) is 18.2 Å². The highest BCUT2D eigenvalue weighted by atomic mass is 16.5. The first-order valence-electron chi connectivity index (χ1n) is 7.64. The van der Waals surface area contributed by atoms with Crippen molar-refractivity contribution in [1.29, 1.82) is 0 Å². The highest BCUT2D eigenvalue weighted by Gasteiger charge is 2.61. The second-order valence-electron chi connectivity index (χ2n) is 5.95. The van der Waals surface area contributed by atoms with Crippen LogP contribution in [0, 0.1) is 0 Å². The average molecular weight is 342 g/mol. The Morgan fingerprint density at radius 2 is 1.88 bits per heavy atom. The first kappa shape index (κ1) is 16.8. The number of allylic oxidation sites excluding steroid dienone is 1. The van der Waals surface area contributed by atoms with E-state index in [1.54, 1.807) is 36.2 Å². The van der Waals surface area contributed by atoms with Crippen LogP contribution in [0.15, 0.2) is 47.0 Å². The molecule has 1 atom stereocenters. The quantitative estimate of drug-likeness (QED) is 0.805. The number of para-hydroxylation sites is 1. The van der Waals surface area contributed by atoms with Crippen molar-refractivity contribution in [3.8, 4) is 0 Å². The maximum Gasteiger partial charge on any atom is 0.339 e. The number of anilines is 1. The Hall–Kier alpha value is -3.09. The van der Waals surface area contributed by atoms with Gasteiger partial charge in [-0.25, -0.2) is 9.59 Å². The highest BCUT2D eigenvalue weighted by Crippen LogP contribution is 2.53. The van der Waals surface area contributed by atoms with E-state index in [0.717, 1.165) is 0 Å². The van der Waals surface area contributed by atoms with Gasteiger partial charge in [-0.2, -0.15) is 0 Å². The van der Waals surface area contributed by atoms with E-state index in [9.17, 15) is 14.4 Å². The molecule has 0 unspecified atom stereocenters. The van der Waals surface area contributed by atoms with Gasteiger partial charge in [0.2, 0.25) is 0 Å². The Bertz CT molecular complexity index is 883. The molecular formula is C18H18N2O5. The van der Waals surface area contributed by atoms with E-state index in [0.29, 0.717) is 11.3 Å². The minimum Gasteiger partial charge on any atom is -0.466 e. The number of ketones is 1. The molecule has 2 aliphatic heterocycles. The summed E-state index contributed by atoms with van der Waals surface area (Å²) >= 11 is 0. The third kappa shape index (κ3) is 1.95. The smallest absolute Gasteiger partial charge is 0.339 e. The molecule has 130 valence electrons. The van der Waals surface area contributed by atoms with Crippen molar-refractivity contribution in [2.24, 2.45) is 5.73 Å². The van der Waals surface area contributed by atoms with Crippen molar-refractivity contribution >= 4 is 23.4 Å². The van der Waals surface area contributed by atoms with Gasteiger partial charge in [-0.3, -0.25) is 4.79 Å². The SMILES string of the molecule is COC(=O)C1=C(N)N(C)c2ccccc2[C@]12C(=O)OC(C)=C2C(C)=O.